The summed E-state index contributed by atoms with van der Waals surface area (Å²) in [5.41, 5.74) is 3.20. The third-order valence-electron chi connectivity index (χ3n) is 6.12. The van der Waals surface area contributed by atoms with Crippen molar-refractivity contribution in [2.45, 2.75) is 46.0 Å². The van der Waals surface area contributed by atoms with Crippen LogP contribution in [0.1, 0.15) is 62.6 Å². The van der Waals surface area contributed by atoms with Gasteiger partial charge in [-0.05, 0) is 37.5 Å². The predicted molar refractivity (Wildman–Crippen MR) is 128 cm³/mol. The van der Waals surface area contributed by atoms with Crippen LogP contribution in [0.4, 0.5) is 0 Å². The van der Waals surface area contributed by atoms with Crippen molar-refractivity contribution in [1.29, 1.82) is 0 Å². The second kappa shape index (κ2) is 8.35. The number of ether oxygens (including phenoxy) is 6. The summed E-state index contributed by atoms with van der Waals surface area (Å²) in [6.45, 7) is 8.28. The molecule has 0 aromatic heterocycles. The third-order valence-corrected chi connectivity index (χ3v) is 6.12. The fraction of sp³-hybridized carbons (Fsp3) is 0.357. The van der Waals surface area contributed by atoms with Crippen LogP contribution in [0, 0.1) is 0 Å². The van der Waals surface area contributed by atoms with E-state index >= 15 is 0 Å². The Bertz CT molecular complexity index is 1110. The molecule has 6 rings (SSSR count). The van der Waals surface area contributed by atoms with E-state index in [0.29, 0.717) is 19.8 Å². The van der Waals surface area contributed by atoms with E-state index in [2.05, 4.69) is 39.0 Å². The maximum absolute atomic E-state index is 5.93. The summed E-state index contributed by atoms with van der Waals surface area (Å²) < 4.78 is 35.4. The zero-order valence-corrected chi connectivity index (χ0v) is 19.7. The SMILES string of the molecule is CCCOc1ccc(C(c2ccc(OCCC)c3c2O3)c2ccc(OCCC)c3c2O3)c2c1O2. The first-order valence-electron chi connectivity index (χ1n) is 12.2. The lowest BCUT2D eigenvalue weighted by Gasteiger charge is -2.16. The van der Waals surface area contributed by atoms with Gasteiger partial charge in [0.1, 0.15) is 0 Å². The van der Waals surface area contributed by atoms with Gasteiger partial charge >= 0.3 is 0 Å². The van der Waals surface area contributed by atoms with Gasteiger partial charge in [0.25, 0.3) is 0 Å². The minimum atomic E-state index is -0.107. The van der Waals surface area contributed by atoms with Gasteiger partial charge in [0.05, 0.1) is 19.8 Å². The molecule has 0 atom stereocenters. The monoisotopic (exact) mass is 460 g/mol. The van der Waals surface area contributed by atoms with Crippen molar-refractivity contribution in [2.24, 2.45) is 0 Å². The molecule has 0 unspecified atom stereocenters. The Hall–Kier alpha value is -3.54. The fourth-order valence-electron chi connectivity index (χ4n) is 4.40. The molecule has 6 nitrogen and oxygen atoms in total. The normalized spacial score (nSPS) is 13.1. The van der Waals surface area contributed by atoms with E-state index in [9.17, 15) is 0 Å². The van der Waals surface area contributed by atoms with Crippen LogP contribution in [0.3, 0.4) is 0 Å². The lowest BCUT2D eigenvalue weighted by atomic mass is 9.85. The predicted octanol–water partition coefficient (Wildman–Crippen LogP) is 7.55. The summed E-state index contributed by atoms with van der Waals surface area (Å²) in [7, 11) is 0. The highest BCUT2D eigenvalue weighted by molar-refractivity contribution is 5.77. The zero-order chi connectivity index (χ0) is 23.2. The topological polar surface area (TPSA) is 65.3 Å². The quantitative estimate of drug-likeness (QED) is 0.139. The number of hydrogen-bond donors (Lipinski definition) is 0. The van der Waals surface area contributed by atoms with E-state index in [-0.39, 0.29) is 5.92 Å². The Morgan fingerprint density at radius 2 is 0.824 bits per heavy atom. The first kappa shape index (κ1) is 21.0. The molecule has 0 saturated heterocycles. The molecule has 3 aliphatic rings. The minimum absolute atomic E-state index is 0.107. The van der Waals surface area contributed by atoms with Gasteiger partial charge in [0.2, 0.25) is 17.2 Å². The molecule has 3 aromatic rings. The molecule has 0 aliphatic carbocycles. The first-order valence-corrected chi connectivity index (χ1v) is 12.2. The molecule has 3 aromatic carbocycles. The molecule has 3 aliphatic heterocycles. The van der Waals surface area contributed by atoms with Crippen molar-refractivity contribution in [2.75, 3.05) is 19.8 Å². The van der Waals surface area contributed by atoms with Crippen LogP contribution in [0.15, 0.2) is 36.4 Å². The highest BCUT2D eigenvalue weighted by Gasteiger charge is 2.43. The summed E-state index contributed by atoms with van der Waals surface area (Å²) in [5.74, 6) is 7.38. The molecule has 0 spiro atoms. The standard InChI is InChI=1S/C28H28O6/c1-4-13-29-19-10-7-16(23-26(19)32-23)22(17-8-11-20(30-14-5-2)27-24(17)33-27)18-9-12-21(31-15-6-3)28-25(18)34-28/h7-12,22H,4-6,13-15H2,1-3H3. The average Bonchev–Trinajstić information content (AvgIpc) is 3.71. The molecule has 3 heterocycles. The highest BCUT2D eigenvalue weighted by atomic mass is 16.6. The van der Waals surface area contributed by atoms with Crippen LogP contribution in [0.25, 0.3) is 0 Å². The van der Waals surface area contributed by atoms with Gasteiger partial charge < -0.3 is 28.4 Å². The van der Waals surface area contributed by atoms with Gasteiger partial charge in [-0.2, -0.15) is 0 Å². The van der Waals surface area contributed by atoms with Crippen molar-refractivity contribution >= 4 is 0 Å². The van der Waals surface area contributed by atoms with E-state index in [4.69, 9.17) is 28.4 Å². The Kier molecular flexibility index (Phi) is 5.16. The van der Waals surface area contributed by atoms with E-state index in [0.717, 1.165) is 87.7 Å². The maximum Gasteiger partial charge on any atom is 0.212 e. The van der Waals surface area contributed by atoms with Crippen LogP contribution in [0.2, 0.25) is 0 Å². The smallest absolute Gasteiger partial charge is 0.212 e. The van der Waals surface area contributed by atoms with Gasteiger partial charge in [-0.1, -0.05) is 39.0 Å². The van der Waals surface area contributed by atoms with E-state index < -0.39 is 0 Å². The van der Waals surface area contributed by atoms with Gasteiger partial charge in [0.15, 0.2) is 34.5 Å². The Balaban J connectivity index is 1.40. The molecular formula is C28H28O6. The van der Waals surface area contributed by atoms with Crippen LogP contribution in [-0.4, -0.2) is 19.8 Å². The van der Waals surface area contributed by atoms with E-state index in [1.807, 2.05) is 18.2 Å². The fourth-order valence-corrected chi connectivity index (χ4v) is 4.40. The number of fused-ring (bicyclic) bond motifs is 3. The zero-order valence-electron chi connectivity index (χ0n) is 19.7. The van der Waals surface area contributed by atoms with Crippen LogP contribution in [-0.2, 0) is 0 Å². The Morgan fingerprint density at radius 3 is 1.12 bits per heavy atom. The second-order valence-electron chi connectivity index (χ2n) is 8.72. The molecule has 0 N–H and O–H groups in total. The highest BCUT2D eigenvalue weighted by Crippen LogP contribution is 2.66. The lowest BCUT2D eigenvalue weighted by Crippen LogP contribution is -2.02. The number of hydrogen-bond acceptors (Lipinski definition) is 6. The van der Waals surface area contributed by atoms with Crippen molar-refractivity contribution in [1.82, 2.24) is 0 Å². The lowest BCUT2D eigenvalue weighted by molar-refractivity contribution is 0.314. The van der Waals surface area contributed by atoms with Crippen LogP contribution in [0.5, 0.6) is 51.7 Å². The molecule has 0 saturated carbocycles. The van der Waals surface area contributed by atoms with Crippen molar-refractivity contribution < 1.29 is 28.4 Å². The van der Waals surface area contributed by atoms with Crippen LogP contribution < -0.4 is 28.4 Å². The maximum atomic E-state index is 5.93. The average molecular weight is 461 g/mol. The Morgan fingerprint density at radius 1 is 0.500 bits per heavy atom. The second-order valence-corrected chi connectivity index (χ2v) is 8.72. The van der Waals surface area contributed by atoms with Crippen molar-refractivity contribution in [3.05, 3.63) is 53.1 Å². The molecule has 176 valence electrons. The largest absolute Gasteiger partial charge is 0.490 e. The molecule has 6 heteroatoms. The molecule has 0 radical (unpaired) electrons. The molecule has 34 heavy (non-hydrogen) atoms. The third kappa shape index (κ3) is 3.58. The summed E-state index contributed by atoms with van der Waals surface area (Å²) >= 11 is 0. The molecule has 0 bridgehead atoms. The van der Waals surface area contributed by atoms with Gasteiger partial charge in [-0.25, -0.2) is 0 Å². The summed E-state index contributed by atoms with van der Waals surface area (Å²) in [6.07, 6.45) is 2.85. The van der Waals surface area contributed by atoms with Gasteiger partial charge in [-0.15, -0.1) is 0 Å². The number of benzene rings is 3. The molecule has 0 amide bonds. The van der Waals surface area contributed by atoms with E-state index in [1.165, 1.54) is 0 Å². The first-order chi connectivity index (χ1) is 16.7. The van der Waals surface area contributed by atoms with Crippen molar-refractivity contribution in [3.8, 4) is 51.7 Å². The minimum Gasteiger partial charge on any atom is -0.490 e. The van der Waals surface area contributed by atoms with Crippen LogP contribution >= 0.6 is 0 Å². The van der Waals surface area contributed by atoms with E-state index in [1.54, 1.807) is 0 Å². The summed E-state index contributed by atoms with van der Waals surface area (Å²) in [4.78, 5) is 0. The summed E-state index contributed by atoms with van der Waals surface area (Å²) in [6, 6.07) is 12.3. The van der Waals surface area contributed by atoms with Crippen molar-refractivity contribution in [3.63, 3.8) is 0 Å². The Labute approximate surface area is 199 Å². The van der Waals surface area contributed by atoms with Gasteiger partial charge in [-0.3, -0.25) is 0 Å². The molecular weight excluding hydrogens is 432 g/mol. The summed E-state index contributed by atoms with van der Waals surface area (Å²) in [5, 5.41) is 0. The number of rotatable bonds is 12. The molecule has 0 fully saturated rings. The van der Waals surface area contributed by atoms with Gasteiger partial charge in [0, 0.05) is 22.6 Å².